The number of halogens is 2. The van der Waals surface area contributed by atoms with Gasteiger partial charge in [0.05, 0.1) is 10.5 Å². The van der Waals surface area contributed by atoms with Crippen LogP contribution in [0.4, 0.5) is 0 Å². The summed E-state index contributed by atoms with van der Waals surface area (Å²) in [5, 5.41) is 5.55. The van der Waals surface area contributed by atoms with Crippen LogP contribution < -0.4 is 5.32 Å². The van der Waals surface area contributed by atoms with Crippen LogP contribution in [0.2, 0.25) is 5.02 Å². The van der Waals surface area contributed by atoms with Crippen LogP contribution in [0.25, 0.3) is 10.9 Å². The summed E-state index contributed by atoms with van der Waals surface area (Å²) < 4.78 is 0. The minimum atomic E-state index is 0. The van der Waals surface area contributed by atoms with Crippen molar-refractivity contribution in [1.82, 2.24) is 10.3 Å². The number of aromatic amines is 1. The van der Waals surface area contributed by atoms with Gasteiger partial charge in [-0.3, -0.25) is 0 Å². The molecule has 17 heavy (non-hydrogen) atoms. The molecule has 0 radical (unpaired) electrons. The monoisotopic (exact) mass is 270 g/mol. The van der Waals surface area contributed by atoms with Crippen molar-refractivity contribution in [1.29, 1.82) is 0 Å². The summed E-state index contributed by atoms with van der Waals surface area (Å²) in [4.78, 5) is 3.44. The lowest BCUT2D eigenvalue weighted by Crippen LogP contribution is -2.22. The van der Waals surface area contributed by atoms with E-state index < -0.39 is 0 Å². The van der Waals surface area contributed by atoms with Crippen LogP contribution in [0.15, 0.2) is 12.1 Å². The van der Waals surface area contributed by atoms with Gasteiger partial charge in [-0.15, -0.1) is 12.4 Å². The number of hydrogen-bond donors (Lipinski definition) is 2. The molecule has 0 aliphatic carbocycles. The highest BCUT2D eigenvalue weighted by Gasteiger charge is 2.16. The molecule has 0 unspecified atom stereocenters. The number of aromatic nitrogens is 1. The van der Waals surface area contributed by atoms with E-state index in [-0.39, 0.29) is 12.4 Å². The van der Waals surface area contributed by atoms with Crippen LogP contribution in [0.5, 0.6) is 0 Å². The SMILES string of the molecule is CCc1cc(Cl)c2[nH]c3c(c2c1)CCNC3.Cl. The molecular formula is C13H16Cl2N2. The fourth-order valence-corrected chi connectivity index (χ4v) is 2.77. The zero-order valence-electron chi connectivity index (χ0n) is 9.77. The van der Waals surface area contributed by atoms with E-state index in [4.69, 9.17) is 11.6 Å². The van der Waals surface area contributed by atoms with Gasteiger partial charge < -0.3 is 10.3 Å². The Morgan fingerprint density at radius 2 is 2.18 bits per heavy atom. The van der Waals surface area contributed by atoms with E-state index in [1.54, 1.807) is 0 Å². The number of hydrogen-bond acceptors (Lipinski definition) is 1. The molecule has 92 valence electrons. The van der Waals surface area contributed by atoms with Gasteiger partial charge in [-0.05, 0) is 42.6 Å². The van der Waals surface area contributed by atoms with Crippen molar-refractivity contribution in [2.24, 2.45) is 0 Å². The molecule has 2 nitrogen and oxygen atoms in total. The van der Waals surface area contributed by atoms with E-state index in [9.17, 15) is 0 Å². The van der Waals surface area contributed by atoms with E-state index in [1.807, 2.05) is 0 Å². The van der Waals surface area contributed by atoms with Gasteiger partial charge in [-0.25, -0.2) is 0 Å². The lowest BCUT2D eigenvalue weighted by Gasteiger charge is -2.12. The van der Waals surface area contributed by atoms with Crippen LogP contribution in [0.3, 0.4) is 0 Å². The van der Waals surface area contributed by atoms with Crippen LogP contribution in [0, 0.1) is 0 Å². The summed E-state index contributed by atoms with van der Waals surface area (Å²) in [6.07, 6.45) is 2.13. The van der Waals surface area contributed by atoms with Gasteiger partial charge in [0.2, 0.25) is 0 Å². The first kappa shape index (κ1) is 12.7. The molecule has 2 N–H and O–H groups in total. The summed E-state index contributed by atoms with van der Waals surface area (Å²) in [6.45, 7) is 4.16. The van der Waals surface area contributed by atoms with Gasteiger partial charge in [0.1, 0.15) is 0 Å². The fraction of sp³-hybridized carbons (Fsp3) is 0.385. The topological polar surface area (TPSA) is 27.8 Å². The van der Waals surface area contributed by atoms with Crippen molar-refractivity contribution >= 4 is 34.9 Å². The zero-order valence-corrected chi connectivity index (χ0v) is 11.3. The number of H-pyrrole nitrogens is 1. The second-order valence-corrected chi connectivity index (χ2v) is 4.77. The maximum Gasteiger partial charge on any atom is 0.0649 e. The predicted molar refractivity (Wildman–Crippen MR) is 75.3 cm³/mol. The third-order valence-electron chi connectivity index (χ3n) is 3.38. The first-order valence-electron chi connectivity index (χ1n) is 5.82. The van der Waals surface area contributed by atoms with Gasteiger partial charge in [0, 0.05) is 17.6 Å². The van der Waals surface area contributed by atoms with Crippen molar-refractivity contribution in [2.75, 3.05) is 6.54 Å². The summed E-state index contributed by atoms with van der Waals surface area (Å²) >= 11 is 6.31. The highest BCUT2D eigenvalue weighted by molar-refractivity contribution is 6.35. The summed E-state index contributed by atoms with van der Waals surface area (Å²) in [5.41, 5.74) is 5.17. The van der Waals surface area contributed by atoms with E-state index in [0.29, 0.717) is 0 Å². The predicted octanol–water partition coefficient (Wildman–Crippen LogP) is 3.45. The Balaban J connectivity index is 0.00000108. The number of rotatable bonds is 1. The molecule has 2 heterocycles. The first-order valence-corrected chi connectivity index (χ1v) is 6.20. The third kappa shape index (κ3) is 2.05. The van der Waals surface area contributed by atoms with E-state index in [0.717, 1.165) is 36.5 Å². The van der Waals surface area contributed by atoms with Gasteiger partial charge in [0.25, 0.3) is 0 Å². The van der Waals surface area contributed by atoms with Crippen molar-refractivity contribution in [3.8, 4) is 0 Å². The second kappa shape index (κ2) is 4.89. The molecule has 1 aliphatic rings. The van der Waals surface area contributed by atoms with Gasteiger partial charge >= 0.3 is 0 Å². The largest absolute Gasteiger partial charge is 0.356 e. The normalized spacial score (nSPS) is 14.5. The average molecular weight is 271 g/mol. The molecule has 1 aliphatic heterocycles. The Labute approximate surface area is 112 Å². The van der Waals surface area contributed by atoms with Crippen LogP contribution in [0.1, 0.15) is 23.7 Å². The van der Waals surface area contributed by atoms with Gasteiger partial charge in [-0.1, -0.05) is 18.5 Å². The Morgan fingerprint density at radius 3 is 2.94 bits per heavy atom. The molecular weight excluding hydrogens is 255 g/mol. The molecule has 0 saturated heterocycles. The molecule has 0 fully saturated rings. The number of aryl methyl sites for hydroxylation is 1. The van der Waals surface area contributed by atoms with Gasteiger partial charge in [-0.2, -0.15) is 0 Å². The lowest BCUT2D eigenvalue weighted by molar-refractivity contribution is 0.637. The minimum Gasteiger partial charge on any atom is -0.356 e. The summed E-state index contributed by atoms with van der Waals surface area (Å²) in [5.74, 6) is 0. The van der Waals surface area contributed by atoms with E-state index >= 15 is 0 Å². The number of nitrogens with one attached hydrogen (secondary N) is 2. The molecule has 0 saturated carbocycles. The summed E-state index contributed by atoms with van der Waals surface area (Å²) in [7, 11) is 0. The van der Waals surface area contributed by atoms with Gasteiger partial charge in [0.15, 0.2) is 0 Å². The average Bonchev–Trinajstić information content (AvgIpc) is 2.68. The zero-order chi connectivity index (χ0) is 11.1. The van der Waals surface area contributed by atoms with Crippen molar-refractivity contribution in [2.45, 2.75) is 26.3 Å². The van der Waals surface area contributed by atoms with Crippen molar-refractivity contribution in [3.63, 3.8) is 0 Å². The minimum absolute atomic E-state index is 0. The first-order chi connectivity index (χ1) is 7.79. The number of benzene rings is 1. The van der Waals surface area contributed by atoms with Crippen LogP contribution in [-0.4, -0.2) is 11.5 Å². The Morgan fingerprint density at radius 1 is 1.35 bits per heavy atom. The molecule has 1 aromatic heterocycles. The Hall–Kier alpha value is -0.700. The quantitative estimate of drug-likeness (QED) is 0.816. The maximum atomic E-state index is 6.31. The van der Waals surface area contributed by atoms with Crippen LogP contribution >= 0.6 is 24.0 Å². The standard InChI is InChI=1S/C13H15ClN2.ClH/c1-2-8-5-10-9-3-4-15-7-12(9)16-13(10)11(14)6-8;/h5-6,15-16H,2-4,7H2,1H3;1H. The van der Waals surface area contributed by atoms with Crippen LogP contribution in [-0.2, 0) is 19.4 Å². The molecule has 0 amide bonds. The third-order valence-corrected chi connectivity index (χ3v) is 3.68. The molecule has 0 spiro atoms. The maximum absolute atomic E-state index is 6.31. The molecule has 2 aromatic rings. The number of fused-ring (bicyclic) bond motifs is 3. The van der Waals surface area contributed by atoms with Crippen molar-refractivity contribution in [3.05, 3.63) is 34.0 Å². The molecule has 0 atom stereocenters. The van der Waals surface area contributed by atoms with Crippen molar-refractivity contribution < 1.29 is 0 Å². The fourth-order valence-electron chi connectivity index (χ4n) is 2.48. The Bertz CT molecular complexity index is 546. The summed E-state index contributed by atoms with van der Waals surface area (Å²) in [6, 6.07) is 4.35. The molecule has 0 bridgehead atoms. The Kier molecular flexibility index (Phi) is 3.67. The lowest BCUT2D eigenvalue weighted by atomic mass is 10.0. The van der Waals surface area contributed by atoms with E-state index in [2.05, 4.69) is 29.4 Å². The molecule has 1 aromatic carbocycles. The second-order valence-electron chi connectivity index (χ2n) is 4.36. The smallest absolute Gasteiger partial charge is 0.0649 e. The molecule has 3 rings (SSSR count). The molecule has 4 heteroatoms. The highest BCUT2D eigenvalue weighted by atomic mass is 35.5. The highest BCUT2D eigenvalue weighted by Crippen LogP contribution is 2.31. The van der Waals surface area contributed by atoms with E-state index in [1.165, 1.54) is 22.2 Å².